The average molecular weight is 538 g/mol. The molecule has 9 heteroatoms. The van der Waals surface area contributed by atoms with E-state index in [2.05, 4.69) is 5.32 Å². The van der Waals surface area contributed by atoms with Gasteiger partial charge in [0.2, 0.25) is 21.8 Å². The van der Waals surface area contributed by atoms with Crippen LogP contribution in [-0.2, 0) is 32.6 Å². The maximum atomic E-state index is 13.6. The Morgan fingerprint density at radius 3 is 2.39 bits per heavy atom. The Hall–Kier alpha value is -3.43. The van der Waals surface area contributed by atoms with Crippen molar-refractivity contribution in [2.24, 2.45) is 5.92 Å². The topological polar surface area (TPSA) is 99.9 Å². The number of nitrogens with one attached hydrogen (secondary N) is 1. The summed E-state index contributed by atoms with van der Waals surface area (Å²) in [7, 11) is -3.83. The van der Waals surface area contributed by atoms with Crippen molar-refractivity contribution in [2.75, 3.05) is 13.1 Å². The molecule has 1 aromatic heterocycles. The van der Waals surface area contributed by atoms with Crippen molar-refractivity contribution in [3.05, 3.63) is 78.1 Å². The molecular formula is C29H35N3O5S. The Bertz CT molecular complexity index is 1370. The highest BCUT2D eigenvalue weighted by Gasteiger charge is 2.43. The van der Waals surface area contributed by atoms with Crippen LogP contribution in [0, 0.1) is 5.92 Å². The molecule has 0 aliphatic carbocycles. The zero-order valence-electron chi connectivity index (χ0n) is 22.3. The normalized spacial score (nSPS) is 18.5. The molecule has 0 unspecified atom stereocenters. The number of hydrogen-bond acceptors (Lipinski definition) is 5. The predicted octanol–water partition coefficient (Wildman–Crippen LogP) is 4.07. The fraction of sp³-hybridized carbons (Fsp3) is 0.379. The quantitative estimate of drug-likeness (QED) is 0.467. The van der Waals surface area contributed by atoms with E-state index in [1.54, 1.807) is 62.3 Å². The Morgan fingerprint density at radius 1 is 1.03 bits per heavy atom. The third kappa shape index (κ3) is 5.68. The summed E-state index contributed by atoms with van der Waals surface area (Å²) in [5, 5.41) is 2.98. The molecule has 1 saturated heterocycles. The third-order valence-corrected chi connectivity index (χ3v) is 8.78. The van der Waals surface area contributed by atoms with Crippen LogP contribution in [0.15, 0.2) is 76.2 Å². The summed E-state index contributed by atoms with van der Waals surface area (Å²) in [6, 6.07) is 16.5. The van der Waals surface area contributed by atoms with Crippen molar-refractivity contribution in [2.45, 2.75) is 57.6 Å². The highest BCUT2D eigenvalue weighted by Crippen LogP contribution is 2.26. The molecule has 1 aliphatic rings. The molecule has 1 fully saturated rings. The fourth-order valence-corrected chi connectivity index (χ4v) is 6.43. The molecule has 2 atom stereocenters. The first-order valence-electron chi connectivity index (χ1n) is 12.9. The summed E-state index contributed by atoms with van der Waals surface area (Å²) in [6.07, 6.45) is 2.40. The summed E-state index contributed by atoms with van der Waals surface area (Å²) in [4.78, 5) is 28.4. The van der Waals surface area contributed by atoms with Crippen LogP contribution in [0.5, 0.6) is 0 Å². The smallest absolute Gasteiger partial charge is 0.244 e. The number of piperazine rings is 1. The Labute approximate surface area is 224 Å². The van der Waals surface area contributed by atoms with Gasteiger partial charge in [-0.05, 0) is 54.8 Å². The van der Waals surface area contributed by atoms with E-state index >= 15 is 0 Å². The van der Waals surface area contributed by atoms with E-state index < -0.39 is 22.1 Å². The number of carbonyl (C=O) groups excluding carboxylic acids is 2. The number of amides is 2. The SMILES string of the molecule is CCc1cc(-c2ccco2)ccc1CNC(=O)[C@H]1CN(S(=O)(=O)c2ccccc2)C[C@@H](C)N1C(=O)C(C)C. The molecule has 2 amide bonds. The standard InChI is InChI=1S/C29H35N3O5S/c1-5-22-16-23(27-12-9-15-37-27)13-14-24(22)17-30-28(33)26-19-31(18-21(4)32(26)29(34)20(2)3)38(35,36)25-10-7-6-8-11-25/h6-16,20-21,26H,5,17-19H2,1-4H3,(H,30,33)/t21-,26-/m1/s1. The molecule has 4 rings (SSSR count). The second kappa shape index (κ2) is 11.5. The van der Waals surface area contributed by atoms with E-state index in [0.717, 1.165) is 28.9 Å². The Kier molecular flexibility index (Phi) is 8.38. The molecule has 8 nitrogen and oxygen atoms in total. The highest BCUT2D eigenvalue weighted by atomic mass is 32.2. The molecule has 202 valence electrons. The Morgan fingerprint density at radius 2 is 1.76 bits per heavy atom. The monoisotopic (exact) mass is 537 g/mol. The van der Waals surface area contributed by atoms with Crippen LogP contribution in [-0.4, -0.2) is 54.6 Å². The number of benzene rings is 2. The van der Waals surface area contributed by atoms with Crippen molar-refractivity contribution in [1.29, 1.82) is 0 Å². The highest BCUT2D eigenvalue weighted by molar-refractivity contribution is 7.89. The predicted molar refractivity (Wildman–Crippen MR) is 146 cm³/mol. The van der Waals surface area contributed by atoms with Crippen molar-refractivity contribution in [3.63, 3.8) is 0 Å². The largest absolute Gasteiger partial charge is 0.464 e. The molecule has 2 heterocycles. The van der Waals surface area contributed by atoms with Gasteiger partial charge >= 0.3 is 0 Å². The number of carbonyl (C=O) groups is 2. The van der Waals surface area contributed by atoms with Crippen LogP contribution in [0.1, 0.15) is 38.8 Å². The summed E-state index contributed by atoms with van der Waals surface area (Å²) >= 11 is 0. The summed E-state index contributed by atoms with van der Waals surface area (Å²) in [5.74, 6) is -0.109. The number of sulfonamides is 1. The van der Waals surface area contributed by atoms with Gasteiger partial charge in [-0.25, -0.2) is 8.42 Å². The van der Waals surface area contributed by atoms with Gasteiger partial charge < -0.3 is 14.6 Å². The van der Waals surface area contributed by atoms with Gasteiger partial charge in [-0.15, -0.1) is 0 Å². The van der Waals surface area contributed by atoms with E-state index in [1.165, 1.54) is 4.31 Å². The van der Waals surface area contributed by atoms with Crippen molar-refractivity contribution < 1.29 is 22.4 Å². The molecule has 1 N–H and O–H groups in total. The van der Waals surface area contributed by atoms with Crippen LogP contribution in [0.4, 0.5) is 0 Å². The minimum Gasteiger partial charge on any atom is -0.464 e. The second-order valence-electron chi connectivity index (χ2n) is 9.93. The van der Waals surface area contributed by atoms with Crippen molar-refractivity contribution >= 4 is 21.8 Å². The number of hydrogen-bond donors (Lipinski definition) is 1. The lowest BCUT2D eigenvalue weighted by atomic mass is 10.00. The van der Waals surface area contributed by atoms with Gasteiger partial charge in [0, 0.05) is 37.2 Å². The van der Waals surface area contributed by atoms with Gasteiger partial charge in [-0.3, -0.25) is 9.59 Å². The maximum Gasteiger partial charge on any atom is 0.244 e. The zero-order valence-corrected chi connectivity index (χ0v) is 23.1. The average Bonchev–Trinajstić information content (AvgIpc) is 3.46. The zero-order chi connectivity index (χ0) is 27.4. The van der Waals surface area contributed by atoms with E-state index in [1.807, 2.05) is 37.3 Å². The van der Waals surface area contributed by atoms with Gasteiger partial charge in [0.25, 0.3) is 0 Å². The van der Waals surface area contributed by atoms with E-state index in [-0.39, 0.29) is 42.3 Å². The first-order chi connectivity index (χ1) is 18.1. The molecule has 3 aromatic rings. The van der Waals surface area contributed by atoms with Gasteiger partial charge in [0.1, 0.15) is 11.8 Å². The molecule has 0 saturated carbocycles. The van der Waals surface area contributed by atoms with E-state index in [0.29, 0.717) is 0 Å². The first-order valence-corrected chi connectivity index (χ1v) is 14.4. The third-order valence-electron chi connectivity index (χ3n) is 6.93. The first kappa shape index (κ1) is 27.6. The number of rotatable bonds is 8. The van der Waals surface area contributed by atoms with Gasteiger partial charge in [0.15, 0.2) is 0 Å². The number of nitrogens with zero attached hydrogens (tertiary/aromatic N) is 2. The molecule has 0 bridgehead atoms. The summed E-state index contributed by atoms with van der Waals surface area (Å²) < 4.78 is 33.6. The molecule has 1 aliphatic heterocycles. The van der Waals surface area contributed by atoms with Crippen LogP contribution in [0.25, 0.3) is 11.3 Å². The van der Waals surface area contributed by atoms with Crippen LogP contribution in [0.3, 0.4) is 0 Å². The van der Waals surface area contributed by atoms with Gasteiger partial charge in [0.05, 0.1) is 11.2 Å². The van der Waals surface area contributed by atoms with Crippen LogP contribution >= 0.6 is 0 Å². The molecular weight excluding hydrogens is 502 g/mol. The fourth-order valence-electron chi connectivity index (χ4n) is 4.88. The second-order valence-corrected chi connectivity index (χ2v) is 11.9. The van der Waals surface area contributed by atoms with Crippen molar-refractivity contribution in [3.8, 4) is 11.3 Å². The van der Waals surface area contributed by atoms with Crippen LogP contribution < -0.4 is 5.32 Å². The molecule has 0 radical (unpaired) electrons. The van der Waals surface area contributed by atoms with E-state index in [4.69, 9.17) is 4.42 Å². The molecule has 0 spiro atoms. The molecule has 38 heavy (non-hydrogen) atoms. The number of furan rings is 1. The van der Waals surface area contributed by atoms with E-state index in [9.17, 15) is 18.0 Å². The molecule has 2 aromatic carbocycles. The summed E-state index contributed by atoms with van der Waals surface area (Å²) in [5.41, 5.74) is 2.98. The van der Waals surface area contributed by atoms with Crippen LogP contribution in [0.2, 0.25) is 0 Å². The van der Waals surface area contributed by atoms with Gasteiger partial charge in [-0.2, -0.15) is 4.31 Å². The lowest BCUT2D eigenvalue weighted by Gasteiger charge is -2.44. The maximum absolute atomic E-state index is 13.6. The lowest BCUT2D eigenvalue weighted by molar-refractivity contribution is -0.148. The number of aryl methyl sites for hydroxylation is 1. The Balaban J connectivity index is 1.57. The summed E-state index contributed by atoms with van der Waals surface area (Å²) in [6.45, 7) is 7.68. The minimum absolute atomic E-state index is 0.107. The van der Waals surface area contributed by atoms with Crippen molar-refractivity contribution in [1.82, 2.24) is 14.5 Å². The lowest BCUT2D eigenvalue weighted by Crippen LogP contribution is -2.65. The minimum atomic E-state index is -3.83. The van der Waals surface area contributed by atoms with Gasteiger partial charge in [-0.1, -0.05) is 51.1 Å².